The summed E-state index contributed by atoms with van der Waals surface area (Å²) < 4.78 is 0. The molecule has 1 aromatic rings. The van der Waals surface area contributed by atoms with Crippen LogP contribution in [0.25, 0.3) is 0 Å². The zero-order valence-electron chi connectivity index (χ0n) is 14.6. The zero-order valence-corrected chi connectivity index (χ0v) is 19.4. The third-order valence-corrected chi connectivity index (χ3v) is 6.12. The van der Waals surface area contributed by atoms with Crippen molar-refractivity contribution in [2.24, 2.45) is 0 Å². The van der Waals surface area contributed by atoms with Crippen LogP contribution in [0.3, 0.4) is 0 Å². The van der Waals surface area contributed by atoms with Crippen molar-refractivity contribution in [1.82, 2.24) is 0 Å². The fourth-order valence-corrected chi connectivity index (χ4v) is 4.53. The number of carbonyl (C=O) groups is 1. The SMILES string of the molecule is O=C([O-])CCCCCCCCCCC[Se]Cc1ccccc1.[K+]. The van der Waals surface area contributed by atoms with E-state index < -0.39 is 5.97 Å². The van der Waals surface area contributed by atoms with E-state index in [1.54, 1.807) is 0 Å². The van der Waals surface area contributed by atoms with E-state index >= 15 is 0 Å². The van der Waals surface area contributed by atoms with Crippen LogP contribution in [0.15, 0.2) is 30.3 Å². The molecule has 23 heavy (non-hydrogen) atoms. The third kappa shape index (κ3) is 16.1. The molecule has 0 N–H and O–H groups in total. The van der Waals surface area contributed by atoms with Gasteiger partial charge in [-0.15, -0.1) is 0 Å². The van der Waals surface area contributed by atoms with Crippen LogP contribution >= 0.6 is 0 Å². The standard InChI is InChI=1S/C19H30O2Se.K/c20-19(21)15-11-6-4-2-1-3-5-7-12-16-22-17-18-13-9-8-10-14-18;/h8-10,13-14H,1-7,11-12,15-17H2,(H,20,21);/q;+1/p-1. The molecule has 2 nitrogen and oxygen atoms in total. The van der Waals surface area contributed by atoms with Gasteiger partial charge in [0.05, 0.1) is 0 Å². The van der Waals surface area contributed by atoms with E-state index in [4.69, 9.17) is 0 Å². The van der Waals surface area contributed by atoms with E-state index in [-0.39, 0.29) is 57.8 Å². The topological polar surface area (TPSA) is 40.1 Å². The molecule has 0 aliphatic carbocycles. The first-order valence-corrected chi connectivity index (χ1v) is 11.0. The van der Waals surface area contributed by atoms with Crippen molar-refractivity contribution < 1.29 is 61.3 Å². The quantitative estimate of drug-likeness (QED) is 0.341. The number of carboxylic acid groups (broad SMARTS) is 1. The number of benzene rings is 1. The first-order valence-electron chi connectivity index (χ1n) is 8.60. The van der Waals surface area contributed by atoms with E-state index in [9.17, 15) is 9.90 Å². The average molecular weight is 407 g/mol. The van der Waals surface area contributed by atoms with Gasteiger partial charge in [0.1, 0.15) is 0 Å². The second kappa shape index (κ2) is 17.7. The van der Waals surface area contributed by atoms with E-state index in [1.807, 2.05) is 0 Å². The Labute approximate surface area is 190 Å². The minimum absolute atomic E-state index is 0. The molecule has 0 amide bonds. The van der Waals surface area contributed by atoms with Gasteiger partial charge in [-0.05, 0) is 0 Å². The smallest absolute Gasteiger partial charge is 1.00 e. The van der Waals surface area contributed by atoms with Crippen molar-refractivity contribution in [3.05, 3.63) is 35.9 Å². The Kier molecular flexibility index (Phi) is 18.3. The van der Waals surface area contributed by atoms with Gasteiger partial charge in [0, 0.05) is 0 Å². The Hall–Kier alpha value is 0.846. The van der Waals surface area contributed by atoms with E-state index in [0.717, 1.165) is 27.8 Å². The first kappa shape index (κ1) is 23.8. The van der Waals surface area contributed by atoms with Crippen LogP contribution in [-0.4, -0.2) is 20.9 Å². The molecule has 0 heterocycles. The second-order valence-corrected chi connectivity index (χ2v) is 8.16. The van der Waals surface area contributed by atoms with Gasteiger partial charge >= 0.3 is 183 Å². The van der Waals surface area contributed by atoms with E-state index in [0.29, 0.717) is 0 Å². The molecule has 0 saturated heterocycles. The molecule has 1 rings (SSSR count). The van der Waals surface area contributed by atoms with Crippen LogP contribution in [0.4, 0.5) is 0 Å². The summed E-state index contributed by atoms with van der Waals surface area (Å²) in [6, 6.07) is 10.8. The summed E-state index contributed by atoms with van der Waals surface area (Å²) >= 11 is 0.764. The molecular formula is C19H29KO2Se. The molecule has 124 valence electrons. The summed E-state index contributed by atoms with van der Waals surface area (Å²) in [5.74, 6) is -0.908. The largest absolute Gasteiger partial charge is 1.00 e. The van der Waals surface area contributed by atoms with Crippen LogP contribution in [0.1, 0.15) is 69.8 Å². The van der Waals surface area contributed by atoms with Crippen molar-refractivity contribution in [2.75, 3.05) is 0 Å². The van der Waals surface area contributed by atoms with Gasteiger partial charge in [0.15, 0.2) is 0 Å². The minimum atomic E-state index is -0.908. The maximum Gasteiger partial charge on any atom is 1.00 e. The van der Waals surface area contributed by atoms with Gasteiger partial charge in [-0.1, -0.05) is 0 Å². The van der Waals surface area contributed by atoms with Crippen LogP contribution in [0.5, 0.6) is 0 Å². The Bertz CT molecular complexity index is 384. The normalized spacial score (nSPS) is 10.3. The fourth-order valence-electron chi connectivity index (χ4n) is 2.48. The number of aliphatic carboxylic acids is 1. The third-order valence-electron chi connectivity index (χ3n) is 3.78. The van der Waals surface area contributed by atoms with Crippen molar-refractivity contribution in [3.8, 4) is 0 Å². The average Bonchev–Trinajstić information content (AvgIpc) is 2.52. The molecule has 0 saturated carbocycles. The summed E-state index contributed by atoms with van der Waals surface area (Å²) in [6.07, 6.45) is 11.2. The summed E-state index contributed by atoms with van der Waals surface area (Å²) in [7, 11) is 0. The summed E-state index contributed by atoms with van der Waals surface area (Å²) in [5, 5.41) is 12.9. The van der Waals surface area contributed by atoms with Crippen molar-refractivity contribution in [3.63, 3.8) is 0 Å². The number of carbonyl (C=O) groups excluding carboxylic acids is 1. The number of hydrogen-bond donors (Lipinski definition) is 0. The Morgan fingerprint density at radius 2 is 1.35 bits per heavy atom. The number of unbranched alkanes of at least 4 members (excludes halogenated alkanes) is 8. The van der Waals surface area contributed by atoms with Gasteiger partial charge in [0.2, 0.25) is 0 Å². The van der Waals surface area contributed by atoms with Crippen LogP contribution in [0.2, 0.25) is 5.32 Å². The molecule has 0 aliphatic rings. The monoisotopic (exact) mass is 408 g/mol. The molecule has 4 heteroatoms. The Morgan fingerprint density at radius 3 is 1.91 bits per heavy atom. The number of rotatable bonds is 14. The Balaban J connectivity index is 0.00000484. The summed E-state index contributed by atoms with van der Waals surface area (Å²) in [5.41, 5.74) is 1.49. The van der Waals surface area contributed by atoms with Gasteiger partial charge in [0.25, 0.3) is 0 Å². The molecule has 0 fully saturated rings. The molecule has 1 aromatic carbocycles. The maximum absolute atomic E-state index is 10.3. The van der Waals surface area contributed by atoms with E-state index in [2.05, 4.69) is 30.3 Å². The minimum Gasteiger partial charge on any atom is 1.00 e. The molecule has 0 bridgehead atoms. The molecule has 0 unspecified atom stereocenters. The summed E-state index contributed by atoms with van der Waals surface area (Å²) in [4.78, 5) is 10.3. The summed E-state index contributed by atoms with van der Waals surface area (Å²) in [6.45, 7) is 0. The predicted octanol–water partition coefficient (Wildman–Crippen LogP) is 0.964. The molecular weight excluding hydrogens is 378 g/mol. The molecule has 0 spiro atoms. The van der Waals surface area contributed by atoms with Gasteiger partial charge in [-0.3, -0.25) is 0 Å². The Morgan fingerprint density at radius 1 is 0.826 bits per heavy atom. The molecule has 0 atom stereocenters. The van der Waals surface area contributed by atoms with Crippen LogP contribution in [0, 0.1) is 0 Å². The molecule has 0 radical (unpaired) electrons. The second-order valence-electron chi connectivity index (χ2n) is 5.84. The van der Waals surface area contributed by atoms with Crippen LogP contribution in [-0.2, 0) is 10.1 Å². The predicted molar refractivity (Wildman–Crippen MR) is 91.9 cm³/mol. The maximum atomic E-state index is 10.3. The van der Waals surface area contributed by atoms with Gasteiger partial charge in [-0.25, -0.2) is 0 Å². The first-order chi connectivity index (χ1) is 10.8. The van der Waals surface area contributed by atoms with Gasteiger partial charge in [-0.2, -0.15) is 0 Å². The van der Waals surface area contributed by atoms with Gasteiger partial charge < -0.3 is 9.90 Å². The van der Waals surface area contributed by atoms with Crippen molar-refractivity contribution in [1.29, 1.82) is 0 Å². The van der Waals surface area contributed by atoms with E-state index in [1.165, 1.54) is 61.1 Å². The molecule has 0 aliphatic heterocycles. The van der Waals surface area contributed by atoms with Crippen molar-refractivity contribution >= 4 is 20.9 Å². The molecule has 0 aromatic heterocycles. The zero-order chi connectivity index (χ0) is 15.9. The van der Waals surface area contributed by atoms with Crippen LogP contribution < -0.4 is 56.5 Å². The van der Waals surface area contributed by atoms with Crippen molar-refractivity contribution in [2.45, 2.75) is 74.8 Å². The number of hydrogen-bond acceptors (Lipinski definition) is 2. The fraction of sp³-hybridized carbons (Fsp3) is 0.632. The number of carboxylic acids is 1.